The Morgan fingerprint density at radius 3 is 2.83 bits per heavy atom. The van der Waals surface area contributed by atoms with E-state index in [4.69, 9.17) is 0 Å². The van der Waals surface area contributed by atoms with E-state index in [9.17, 15) is 15.0 Å². The first-order valence-corrected chi connectivity index (χ1v) is 12.4. The van der Waals surface area contributed by atoms with Crippen molar-refractivity contribution in [2.24, 2.45) is 9.98 Å². The van der Waals surface area contributed by atoms with Crippen molar-refractivity contribution in [2.75, 3.05) is 46.3 Å². The molecular weight excluding hydrogens is 444 g/mol. The summed E-state index contributed by atoms with van der Waals surface area (Å²) >= 11 is 0. The number of aliphatic hydroxyl groups excluding tert-OH is 1. The molecule has 1 aromatic rings. The van der Waals surface area contributed by atoms with E-state index in [0.29, 0.717) is 39.1 Å². The van der Waals surface area contributed by atoms with Gasteiger partial charge in [0.1, 0.15) is 5.70 Å². The first-order chi connectivity index (χ1) is 16.7. The molecule has 0 aromatic heterocycles. The van der Waals surface area contributed by atoms with Crippen molar-refractivity contribution in [3.63, 3.8) is 0 Å². The number of carbonyl (C=O) groups excluding carboxylic acids is 1. The van der Waals surface area contributed by atoms with Crippen molar-refractivity contribution in [1.29, 1.82) is 0 Å². The van der Waals surface area contributed by atoms with E-state index in [1.54, 1.807) is 32.5 Å². The number of β-amino-alcohol motifs (C(OH)–C–C–N with tert-alkyl or cyclic N) is 1. The minimum Gasteiger partial charge on any atom is -0.392 e. The first kappa shape index (κ1) is 27.0. The van der Waals surface area contributed by atoms with Gasteiger partial charge in [0.15, 0.2) is 0 Å². The quantitative estimate of drug-likeness (QED) is 0.386. The maximum absolute atomic E-state index is 12.6. The Balaban J connectivity index is 1.43. The van der Waals surface area contributed by atoms with Gasteiger partial charge in [-0.15, -0.1) is 0 Å². The number of nitrogens with zero attached hydrogens (tertiary/aromatic N) is 4. The number of fused-ring (bicyclic) bond motifs is 1. The van der Waals surface area contributed by atoms with E-state index in [-0.39, 0.29) is 17.6 Å². The van der Waals surface area contributed by atoms with Gasteiger partial charge in [-0.2, -0.15) is 0 Å². The second-order valence-corrected chi connectivity index (χ2v) is 10.1. The summed E-state index contributed by atoms with van der Waals surface area (Å²) in [6, 6.07) is 8.41. The van der Waals surface area contributed by atoms with Crippen LogP contribution in [-0.2, 0) is 17.8 Å². The molecule has 0 aliphatic carbocycles. The van der Waals surface area contributed by atoms with Gasteiger partial charge in [0.2, 0.25) is 0 Å². The summed E-state index contributed by atoms with van der Waals surface area (Å²) in [5.41, 5.74) is 2.20. The highest BCUT2D eigenvalue weighted by Gasteiger charge is 2.19. The Kier molecular flexibility index (Phi) is 9.97. The number of allylic oxidation sites excluding steroid dienone is 1. The van der Waals surface area contributed by atoms with Gasteiger partial charge < -0.3 is 25.7 Å². The van der Waals surface area contributed by atoms with Gasteiger partial charge in [-0.1, -0.05) is 24.3 Å². The number of benzene rings is 1. The van der Waals surface area contributed by atoms with Crippen molar-refractivity contribution in [1.82, 2.24) is 20.4 Å². The lowest BCUT2D eigenvalue weighted by Crippen LogP contribution is -2.41. The maximum atomic E-state index is 12.6. The lowest BCUT2D eigenvalue weighted by Gasteiger charge is -2.30. The van der Waals surface area contributed by atoms with Crippen LogP contribution in [0.15, 0.2) is 46.0 Å². The van der Waals surface area contributed by atoms with Crippen LogP contribution in [0.5, 0.6) is 0 Å². The fourth-order valence-electron chi connectivity index (χ4n) is 4.20. The Bertz CT molecular complexity index is 924. The van der Waals surface area contributed by atoms with Crippen LogP contribution < -0.4 is 10.6 Å². The SMILES string of the molecule is CN1\C=N/C(C(=O)NCC[C@H](O)CN2CCc3ccccc3C2)=C\C=N\C(CNCC(C)(C)O)C1. The number of likely N-dealkylation sites (N-methyl/N-ethyl adjacent to an activating group) is 1. The highest BCUT2D eigenvalue weighted by molar-refractivity contribution is 5.98. The summed E-state index contributed by atoms with van der Waals surface area (Å²) in [7, 11) is 1.89. The summed E-state index contributed by atoms with van der Waals surface area (Å²) in [4.78, 5) is 25.7. The van der Waals surface area contributed by atoms with Crippen molar-refractivity contribution < 1.29 is 15.0 Å². The average Bonchev–Trinajstić information content (AvgIpc) is 2.88. The number of rotatable bonds is 10. The minimum atomic E-state index is -0.784. The zero-order valence-electron chi connectivity index (χ0n) is 21.2. The van der Waals surface area contributed by atoms with Crippen LogP contribution in [0.25, 0.3) is 0 Å². The zero-order valence-corrected chi connectivity index (χ0v) is 21.2. The first-order valence-electron chi connectivity index (χ1n) is 12.4. The van der Waals surface area contributed by atoms with Gasteiger partial charge in [0.05, 0.1) is 24.1 Å². The molecule has 2 heterocycles. The molecule has 2 atom stereocenters. The predicted octanol–water partition coefficient (Wildman–Crippen LogP) is 0.569. The number of aliphatic imine (C=N–C) groups is 2. The molecule has 35 heavy (non-hydrogen) atoms. The molecule has 1 unspecified atom stereocenters. The fourth-order valence-corrected chi connectivity index (χ4v) is 4.20. The lowest BCUT2D eigenvalue weighted by molar-refractivity contribution is -0.117. The number of amides is 1. The Labute approximate surface area is 208 Å². The summed E-state index contributed by atoms with van der Waals surface area (Å²) < 4.78 is 0. The summed E-state index contributed by atoms with van der Waals surface area (Å²) in [5, 5.41) is 26.4. The van der Waals surface area contributed by atoms with E-state index in [0.717, 1.165) is 19.5 Å². The van der Waals surface area contributed by atoms with Crippen LogP contribution in [0.3, 0.4) is 0 Å². The Morgan fingerprint density at radius 1 is 1.29 bits per heavy atom. The average molecular weight is 485 g/mol. The third-order valence-corrected chi connectivity index (χ3v) is 6.03. The number of carbonyl (C=O) groups is 1. The molecule has 9 nitrogen and oxygen atoms in total. The molecule has 0 radical (unpaired) electrons. The van der Waals surface area contributed by atoms with Gasteiger partial charge in [-0.25, -0.2) is 4.99 Å². The number of hydrogen-bond acceptors (Lipinski definition) is 8. The van der Waals surface area contributed by atoms with Crippen LogP contribution in [0.2, 0.25) is 0 Å². The van der Waals surface area contributed by atoms with Gasteiger partial charge in [0, 0.05) is 59.1 Å². The zero-order chi connectivity index (χ0) is 25.3. The third-order valence-electron chi connectivity index (χ3n) is 6.03. The van der Waals surface area contributed by atoms with E-state index in [1.165, 1.54) is 11.1 Å². The molecule has 9 heteroatoms. The normalized spacial score (nSPS) is 23.2. The molecule has 1 amide bonds. The second-order valence-electron chi connectivity index (χ2n) is 10.1. The topological polar surface area (TPSA) is 113 Å². The van der Waals surface area contributed by atoms with Crippen LogP contribution in [0.4, 0.5) is 0 Å². The molecule has 0 spiro atoms. The highest BCUT2D eigenvalue weighted by atomic mass is 16.3. The standard InChI is InChI=1S/C26H40N6O3/c1-26(2,35)18-27-14-22-16-31(3)19-30-24(9-12-28-22)25(34)29-11-8-23(33)17-32-13-10-20-6-4-5-7-21(20)15-32/h4-7,9,12,19,22-23,27,33,35H,8,10-11,13-18H2,1-3H3,(H,29,34)/b24-9-,28-12+,30-19-/t22?,23-/m0/s1. The number of aliphatic hydroxyl groups is 2. The van der Waals surface area contributed by atoms with Crippen LogP contribution in [0, 0.1) is 0 Å². The summed E-state index contributed by atoms with van der Waals surface area (Å²) in [6.45, 7) is 7.96. The molecule has 2 aliphatic heterocycles. The molecule has 192 valence electrons. The molecule has 0 fully saturated rings. The minimum absolute atomic E-state index is 0.0376. The molecular formula is C26H40N6O3. The monoisotopic (exact) mass is 484 g/mol. The van der Waals surface area contributed by atoms with E-state index >= 15 is 0 Å². The number of nitrogens with one attached hydrogen (secondary N) is 2. The molecule has 0 bridgehead atoms. The van der Waals surface area contributed by atoms with Crippen molar-refractivity contribution >= 4 is 18.5 Å². The Hall–Kier alpha value is -2.59. The van der Waals surface area contributed by atoms with Gasteiger partial charge in [0.25, 0.3) is 5.91 Å². The molecule has 0 saturated carbocycles. The van der Waals surface area contributed by atoms with Crippen molar-refractivity contribution in [3.8, 4) is 0 Å². The van der Waals surface area contributed by atoms with E-state index < -0.39 is 11.7 Å². The van der Waals surface area contributed by atoms with Crippen molar-refractivity contribution in [3.05, 3.63) is 47.2 Å². The maximum Gasteiger partial charge on any atom is 0.270 e. The van der Waals surface area contributed by atoms with Crippen LogP contribution >= 0.6 is 0 Å². The molecule has 3 rings (SSSR count). The fraction of sp³-hybridized carbons (Fsp3) is 0.577. The molecule has 0 saturated heterocycles. The lowest BCUT2D eigenvalue weighted by atomic mass is 9.99. The Morgan fingerprint density at radius 2 is 2.06 bits per heavy atom. The second kappa shape index (κ2) is 12.9. The summed E-state index contributed by atoms with van der Waals surface area (Å²) in [6.07, 6.45) is 5.82. The van der Waals surface area contributed by atoms with Gasteiger partial charge >= 0.3 is 0 Å². The highest BCUT2D eigenvalue weighted by Crippen LogP contribution is 2.18. The molecule has 1 aromatic carbocycles. The molecule has 2 aliphatic rings. The van der Waals surface area contributed by atoms with Crippen LogP contribution in [-0.4, -0.2) is 103 Å². The smallest absolute Gasteiger partial charge is 0.270 e. The summed E-state index contributed by atoms with van der Waals surface area (Å²) in [5.74, 6) is -0.293. The van der Waals surface area contributed by atoms with Crippen LogP contribution in [0.1, 0.15) is 31.4 Å². The van der Waals surface area contributed by atoms with Gasteiger partial charge in [-0.3, -0.25) is 14.7 Å². The van der Waals surface area contributed by atoms with E-state index in [2.05, 4.69) is 49.8 Å². The molecule has 4 N–H and O–H groups in total. The largest absolute Gasteiger partial charge is 0.392 e. The number of hydrogen-bond donors (Lipinski definition) is 4. The van der Waals surface area contributed by atoms with Gasteiger partial charge in [-0.05, 0) is 43.9 Å². The third kappa shape index (κ3) is 9.52. The van der Waals surface area contributed by atoms with E-state index in [1.807, 2.05) is 11.9 Å². The predicted molar refractivity (Wildman–Crippen MR) is 140 cm³/mol. The van der Waals surface area contributed by atoms with Crippen molar-refractivity contribution in [2.45, 2.75) is 51.0 Å².